The summed E-state index contributed by atoms with van der Waals surface area (Å²) >= 11 is 3.23. The highest BCUT2D eigenvalue weighted by molar-refractivity contribution is 8.17. The van der Waals surface area contributed by atoms with E-state index in [1.165, 1.54) is 11.8 Å². The summed E-state index contributed by atoms with van der Waals surface area (Å²) in [5.41, 5.74) is 0. The number of thioether (sulfide) groups is 2. The number of rotatable bonds is 8. The van der Waals surface area contributed by atoms with Crippen molar-refractivity contribution in [1.29, 1.82) is 0 Å². The van der Waals surface area contributed by atoms with Gasteiger partial charge in [0.05, 0.1) is 4.90 Å². The van der Waals surface area contributed by atoms with E-state index in [2.05, 4.69) is 26.0 Å². The van der Waals surface area contributed by atoms with Gasteiger partial charge >= 0.3 is 0 Å². The molecular formula is C25H26O2S3. The van der Waals surface area contributed by atoms with Crippen LogP contribution in [0, 0.1) is 11.8 Å². The second-order valence-corrected chi connectivity index (χ2v) is 13.0. The zero-order valence-corrected chi connectivity index (χ0v) is 19.6. The summed E-state index contributed by atoms with van der Waals surface area (Å²) in [4.78, 5) is 2.54. The monoisotopic (exact) mass is 454 g/mol. The molecule has 2 nitrogen and oxygen atoms in total. The third-order valence-corrected chi connectivity index (χ3v) is 11.8. The van der Waals surface area contributed by atoms with E-state index in [0.29, 0.717) is 10.8 Å². The van der Waals surface area contributed by atoms with Gasteiger partial charge in [-0.2, -0.15) is 0 Å². The SMILES string of the molecule is CC(C)C[C@@H]1[C@H](Sc2ccccc2)[C@@]1(Sc1ccccc1)S(=O)(=O)c1ccccc1. The van der Waals surface area contributed by atoms with Crippen molar-refractivity contribution in [3.05, 3.63) is 91.0 Å². The Hall–Kier alpha value is -1.69. The molecule has 1 saturated carbocycles. The third kappa shape index (κ3) is 4.08. The minimum Gasteiger partial charge on any atom is -0.222 e. The Morgan fingerprint density at radius 2 is 1.30 bits per heavy atom. The molecule has 1 aliphatic carbocycles. The highest BCUT2D eigenvalue weighted by atomic mass is 32.3. The topological polar surface area (TPSA) is 34.1 Å². The molecule has 4 rings (SSSR count). The molecule has 0 aliphatic heterocycles. The van der Waals surface area contributed by atoms with Gasteiger partial charge in [-0.15, -0.1) is 23.5 Å². The Balaban J connectivity index is 1.80. The van der Waals surface area contributed by atoms with E-state index >= 15 is 0 Å². The molecule has 3 aromatic carbocycles. The lowest BCUT2D eigenvalue weighted by atomic mass is 10.1. The molecule has 0 N–H and O–H groups in total. The van der Waals surface area contributed by atoms with Crippen molar-refractivity contribution in [1.82, 2.24) is 0 Å². The minimum atomic E-state index is -3.55. The molecule has 1 fully saturated rings. The van der Waals surface area contributed by atoms with Crippen LogP contribution in [-0.2, 0) is 9.84 Å². The van der Waals surface area contributed by atoms with Crippen LogP contribution in [0.5, 0.6) is 0 Å². The van der Waals surface area contributed by atoms with Crippen molar-refractivity contribution in [2.24, 2.45) is 11.8 Å². The van der Waals surface area contributed by atoms with E-state index < -0.39 is 13.9 Å². The van der Waals surface area contributed by atoms with Gasteiger partial charge in [0.1, 0.15) is 4.08 Å². The average Bonchev–Trinajstić information content (AvgIpc) is 3.35. The average molecular weight is 455 g/mol. The summed E-state index contributed by atoms with van der Waals surface area (Å²) in [6.07, 6.45) is 0.885. The van der Waals surface area contributed by atoms with Crippen LogP contribution in [0.4, 0.5) is 0 Å². The number of sulfone groups is 1. The van der Waals surface area contributed by atoms with Crippen molar-refractivity contribution in [2.45, 2.75) is 44.3 Å². The first-order valence-electron chi connectivity index (χ1n) is 10.2. The zero-order chi connectivity index (χ0) is 21.2. The fourth-order valence-corrected chi connectivity index (χ4v) is 10.5. The van der Waals surface area contributed by atoms with Gasteiger partial charge in [-0.1, -0.05) is 68.4 Å². The van der Waals surface area contributed by atoms with Gasteiger partial charge < -0.3 is 0 Å². The molecule has 0 saturated heterocycles. The van der Waals surface area contributed by atoms with E-state index in [0.717, 1.165) is 16.2 Å². The van der Waals surface area contributed by atoms with Crippen molar-refractivity contribution >= 4 is 33.4 Å². The standard InChI is InChI=1S/C25H26O2S3/c1-19(2)18-23-24(28-20-12-6-3-7-13-20)25(23,29-21-14-8-4-9-15-21)30(26,27)22-16-10-5-11-17-22/h3-17,19,23-24H,18H2,1-2H3/t23-,24+,25+/m1/s1. The first kappa shape index (κ1) is 21.5. The van der Waals surface area contributed by atoms with Gasteiger partial charge in [0.2, 0.25) is 0 Å². The highest BCUT2D eigenvalue weighted by Gasteiger charge is 2.73. The van der Waals surface area contributed by atoms with Crippen molar-refractivity contribution in [3.63, 3.8) is 0 Å². The van der Waals surface area contributed by atoms with Crippen LogP contribution in [0.25, 0.3) is 0 Å². The summed E-state index contributed by atoms with van der Waals surface area (Å²) in [7, 11) is -3.55. The maximum atomic E-state index is 14.1. The van der Waals surface area contributed by atoms with Crippen LogP contribution in [-0.4, -0.2) is 17.7 Å². The van der Waals surface area contributed by atoms with Gasteiger partial charge in [0, 0.05) is 21.0 Å². The van der Waals surface area contributed by atoms with E-state index in [-0.39, 0.29) is 11.2 Å². The predicted octanol–water partition coefficient (Wildman–Crippen LogP) is 6.79. The molecule has 0 bridgehead atoms. The van der Waals surface area contributed by atoms with E-state index in [9.17, 15) is 8.42 Å². The first-order chi connectivity index (χ1) is 14.4. The second kappa shape index (κ2) is 8.81. The maximum Gasteiger partial charge on any atom is 0.195 e. The summed E-state index contributed by atoms with van der Waals surface area (Å²) in [5, 5.41) is -0.00212. The van der Waals surface area contributed by atoms with E-state index in [4.69, 9.17) is 0 Å². The quantitative estimate of drug-likeness (QED) is 0.375. The van der Waals surface area contributed by atoms with Gasteiger partial charge in [-0.3, -0.25) is 0 Å². The van der Waals surface area contributed by atoms with Gasteiger partial charge in [-0.05, 0) is 48.7 Å². The van der Waals surface area contributed by atoms with Gasteiger partial charge in [0.25, 0.3) is 0 Å². The first-order valence-corrected chi connectivity index (χ1v) is 13.4. The number of benzene rings is 3. The molecule has 3 aromatic rings. The second-order valence-electron chi connectivity index (χ2n) is 8.04. The van der Waals surface area contributed by atoms with Gasteiger partial charge in [-0.25, -0.2) is 8.42 Å². The zero-order valence-electron chi connectivity index (χ0n) is 17.1. The fraction of sp³-hybridized carbons (Fsp3) is 0.280. The van der Waals surface area contributed by atoms with Crippen molar-refractivity contribution in [3.8, 4) is 0 Å². The van der Waals surface area contributed by atoms with Crippen LogP contribution in [0.2, 0.25) is 0 Å². The van der Waals surface area contributed by atoms with Crippen LogP contribution >= 0.6 is 23.5 Å². The largest absolute Gasteiger partial charge is 0.222 e. The molecule has 0 aromatic heterocycles. The summed E-state index contributed by atoms with van der Waals surface area (Å²) in [6, 6.07) is 29.1. The Labute approximate surface area is 188 Å². The summed E-state index contributed by atoms with van der Waals surface area (Å²) < 4.78 is 27.3. The maximum absolute atomic E-state index is 14.1. The van der Waals surface area contributed by atoms with Crippen molar-refractivity contribution < 1.29 is 8.42 Å². The predicted molar refractivity (Wildman–Crippen MR) is 128 cm³/mol. The molecule has 0 radical (unpaired) electrons. The third-order valence-electron chi connectivity index (χ3n) is 5.40. The molecule has 0 heterocycles. The lowest BCUT2D eigenvalue weighted by Gasteiger charge is -2.20. The lowest BCUT2D eigenvalue weighted by Crippen LogP contribution is -2.25. The number of hydrogen-bond donors (Lipinski definition) is 0. The van der Waals surface area contributed by atoms with E-state index in [1.807, 2.05) is 66.7 Å². The molecule has 30 heavy (non-hydrogen) atoms. The highest BCUT2D eigenvalue weighted by Crippen LogP contribution is 2.69. The molecule has 3 atom stereocenters. The molecule has 0 amide bonds. The van der Waals surface area contributed by atoms with Crippen LogP contribution < -0.4 is 0 Å². The molecule has 0 spiro atoms. The summed E-state index contributed by atoms with van der Waals surface area (Å²) in [6.45, 7) is 4.35. The summed E-state index contributed by atoms with van der Waals surface area (Å²) in [5.74, 6) is 0.510. The minimum absolute atomic E-state index is 0.00212. The number of hydrogen-bond acceptors (Lipinski definition) is 4. The Bertz CT molecular complexity index is 1070. The van der Waals surface area contributed by atoms with Crippen molar-refractivity contribution in [2.75, 3.05) is 0 Å². The van der Waals surface area contributed by atoms with Crippen LogP contribution in [0.1, 0.15) is 20.3 Å². The molecule has 1 aliphatic rings. The lowest BCUT2D eigenvalue weighted by molar-refractivity contribution is 0.531. The van der Waals surface area contributed by atoms with E-state index in [1.54, 1.807) is 23.9 Å². The molecule has 5 heteroatoms. The normalized spacial score (nSPS) is 23.4. The fourth-order valence-electron chi connectivity index (χ4n) is 3.98. The molecule has 156 valence electrons. The smallest absolute Gasteiger partial charge is 0.195 e. The molecule has 0 unspecified atom stereocenters. The Kier molecular flexibility index (Phi) is 6.33. The van der Waals surface area contributed by atoms with Crippen LogP contribution in [0.3, 0.4) is 0 Å². The van der Waals surface area contributed by atoms with Crippen LogP contribution in [0.15, 0.2) is 106 Å². The van der Waals surface area contributed by atoms with Gasteiger partial charge in [0.15, 0.2) is 9.84 Å². The molecular weight excluding hydrogens is 428 g/mol. The Morgan fingerprint density at radius 1 is 0.800 bits per heavy atom. The Morgan fingerprint density at radius 3 is 1.83 bits per heavy atom.